The van der Waals surface area contributed by atoms with Gasteiger partial charge in [-0.1, -0.05) is 25.9 Å². The Morgan fingerprint density at radius 1 is 1.26 bits per heavy atom. The molecule has 1 saturated heterocycles. The second kappa shape index (κ2) is 14.0. The van der Waals surface area contributed by atoms with E-state index < -0.39 is 52.6 Å². The number of hydrogen-bond acceptors (Lipinski definition) is 8. The van der Waals surface area contributed by atoms with Gasteiger partial charge in [-0.3, -0.25) is 14.3 Å². The Hall–Kier alpha value is -2.07. The number of rotatable bonds is 13. The van der Waals surface area contributed by atoms with Crippen molar-refractivity contribution in [3.05, 3.63) is 55.0 Å². The van der Waals surface area contributed by atoms with Crippen LogP contribution in [0.5, 0.6) is 0 Å². The van der Waals surface area contributed by atoms with E-state index in [1.807, 2.05) is 27.7 Å². The van der Waals surface area contributed by atoms with E-state index in [2.05, 4.69) is 58.4 Å². The summed E-state index contributed by atoms with van der Waals surface area (Å²) in [5.41, 5.74) is 7.89. The maximum absolute atomic E-state index is 12.8. The summed E-state index contributed by atoms with van der Waals surface area (Å²) in [6.07, 6.45) is -1.93. The standard InChI is InChI=1S/C24H42N7O6PSi/c1-16(2)31(17(3)4)38(34-14-12-26-8)36-20-18(15-27-29-25)35-22(30-13-11-19(32)28-23(30)33)21(20)37-39(9,10)24(5,6)7/h11,13,16-18,20-22H,12,14-15H2,1-7,9-10H3,(H,28,32,33)/t18-,20?,21+,22-,38?/m1/s1. The molecule has 5 atom stereocenters. The highest BCUT2D eigenvalue weighted by molar-refractivity contribution is 7.44. The molecule has 0 amide bonds. The van der Waals surface area contributed by atoms with Crippen molar-refractivity contribution in [1.29, 1.82) is 0 Å². The van der Waals surface area contributed by atoms with Crippen LogP contribution in [0.1, 0.15) is 54.7 Å². The summed E-state index contributed by atoms with van der Waals surface area (Å²) in [6.45, 7) is 26.0. The van der Waals surface area contributed by atoms with Gasteiger partial charge in [0.25, 0.3) is 14.1 Å². The Balaban J connectivity index is 2.66. The van der Waals surface area contributed by atoms with Gasteiger partial charge in [-0.05, 0) is 51.4 Å². The number of nitrogens with one attached hydrogen (secondary N) is 1. The van der Waals surface area contributed by atoms with Crippen LogP contribution in [-0.4, -0.2) is 72.6 Å². The average molecular weight is 584 g/mol. The highest BCUT2D eigenvalue weighted by atomic mass is 31.2. The molecule has 0 radical (unpaired) electrons. The zero-order chi connectivity index (χ0) is 29.5. The number of hydrogen-bond donors (Lipinski definition) is 1. The number of aromatic amines is 1. The lowest BCUT2D eigenvalue weighted by atomic mass is 10.1. The SMILES string of the molecule is [C-]#[N+]CCOP(OC1[C@@H](CN=[N+]=[N-])O[C@@H](n2ccc(=O)[nH]c2=O)[C@H]1O[Si](C)(C)C(C)(C)C)N(C(C)C)C(C)C. The first kappa shape index (κ1) is 33.1. The number of nitrogens with zero attached hydrogens (tertiary/aromatic N) is 6. The van der Waals surface area contributed by atoms with Gasteiger partial charge in [-0.2, -0.15) is 0 Å². The normalized spacial score (nSPS) is 22.7. The van der Waals surface area contributed by atoms with E-state index in [4.69, 9.17) is 30.3 Å². The van der Waals surface area contributed by atoms with Crippen molar-refractivity contribution in [2.45, 2.75) is 103 Å². The summed E-state index contributed by atoms with van der Waals surface area (Å²) < 4.78 is 29.4. The van der Waals surface area contributed by atoms with Crippen molar-refractivity contribution in [1.82, 2.24) is 14.2 Å². The molecule has 1 N–H and O–H groups in total. The monoisotopic (exact) mass is 583 g/mol. The molecule has 0 spiro atoms. The summed E-state index contributed by atoms with van der Waals surface area (Å²) in [7, 11) is -4.17. The van der Waals surface area contributed by atoms with Crippen molar-refractivity contribution in [2.75, 3.05) is 19.7 Å². The van der Waals surface area contributed by atoms with Crippen LogP contribution in [-0.2, 0) is 18.2 Å². The van der Waals surface area contributed by atoms with Gasteiger partial charge < -0.3 is 23.1 Å². The average Bonchev–Trinajstić information content (AvgIpc) is 3.12. The molecule has 1 fully saturated rings. The summed E-state index contributed by atoms with van der Waals surface area (Å²) in [4.78, 5) is 33.2. The molecule has 13 nitrogen and oxygen atoms in total. The minimum Gasteiger partial charge on any atom is -0.407 e. The lowest BCUT2D eigenvalue weighted by molar-refractivity contribution is -0.0336. The molecule has 1 aromatic rings. The van der Waals surface area contributed by atoms with Gasteiger partial charge in [0.2, 0.25) is 6.54 Å². The fraction of sp³-hybridized carbons (Fsp3) is 0.792. The summed E-state index contributed by atoms with van der Waals surface area (Å²) in [5, 5.41) is 3.56. The fourth-order valence-electron chi connectivity index (χ4n) is 3.99. The van der Waals surface area contributed by atoms with E-state index >= 15 is 0 Å². The maximum atomic E-state index is 12.8. The quantitative estimate of drug-likeness (QED) is 0.0667. The Morgan fingerprint density at radius 3 is 2.41 bits per heavy atom. The predicted molar refractivity (Wildman–Crippen MR) is 153 cm³/mol. The molecule has 1 aromatic heterocycles. The molecular formula is C24H42N7O6PSi. The fourth-order valence-corrected chi connectivity index (χ4v) is 7.03. The highest BCUT2D eigenvalue weighted by Crippen LogP contribution is 2.51. The molecule has 1 aliphatic rings. The maximum Gasteiger partial charge on any atom is 0.330 e. The minimum atomic E-state index is -2.47. The molecule has 2 heterocycles. The van der Waals surface area contributed by atoms with Crippen molar-refractivity contribution in [3.8, 4) is 0 Å². The Kier molecular flexibility index (Phi) is 11.9. The third kappa shape index (κ3) is 8.46. The van der Waals surface area contributed by atoms with Crippen LogP contribution in [0.2, 0.25) is 18.1 Å². The molecule has 1 aliphatic heterocycles. The van der Waals surface area contributed by atoms with E-state index in [0.29, 0.717) is 0 Å². The van der Waals surface area contributed by atoms with Crippen LogP contribution in [0, 0.1) is 6.57 Å². The van der Waals surface area contributed by atoms with Crippen molar-refractivity contribution in [3.63, 3.8) is 0 Å². The highest BCUT2D eigenvalue weighted by Gasteiger charge is 2.53. The van der Waals surface area contributed by atoms with Crippen LogP contribution in [0.3, 0.4) is 0 Å². The van der Waals surface area contributed by atoms with Crippen molar-refractivity contribution < 1.29 is 18.2 Å². The van der Waals surface area contributed by atoms with Crippen molar-refractivity contribution in [2.24, 2.45) is 5.11 Å². The van der Waals surface area contributed by atoms with Crippen LogP contribution in [0.4, 0.5) is 0 Å². The van der Waals surface area contributed by atoms with Gasteiger partial charge >= 0.3 is 5.69 Å². The molecule has 0 bridgehead atoms. The largest absolute Gasteiger partial charge is 0.407 e. The number of ether oxygens (including phenoxy) is 1. The van der Waals surface area contributed by atoms with Gasteiger partial charge in [0, 0.05) is 29.3 Å². The van der Waals surface area contributed by atoms with Gasteiger partial charge in [0.1, 0.15) is 18.8 Å². The molecule has 0 aromatic carbocycles. The van der Waals surface area contributed by atoms with Crippen LogP contribution < -0.4 is 11.2 Å². The molecule has 15 heteroatoms. The Morgan fingerprint density at radius 2 is 1.90 bits per heavy atom. The molecule has 218 valence electrons. The predicted octanol–water partition coefficient (Wildman–Crippen LogP) is 4.80. The Labute approximate surface area is 232 Å². The first-order chi connectivity index (χ1) is 18.1. The van der Waals surface area contributed by atoms with Gasteiger partial charge in [-0.25, -0.2) is 16.0 Å². The number of H-pyrrole nitrogens is 1. The second-order valence-electron chi connectivity index (χ2n) is 11.4. The minimum absolute atomic E-state index is 0.0549. The second-order valence-corrected chi connectivity index (χ2v) is 17.6. The zero-order valence-electron chi connectivity index (χ0n) is 24.3. The van der Waals surface area contributed by atoms with E-state index in [1.165, 1.54) is 16.8 Å². The first-order valence-corrected chi connectivity index (χ1v) is 17.0. The van der Waals surface area contributed by atoms with Gasteiger partial charge in [-0.15, -0.1) is 0 Å². The lowest BCUT2D eigenvalue weighted by Gasteiger charge is -2.42. The molecule has 2 rings (SSSR count). The molecule has 0 aliphatic carbocycles. The topological polar surface area (TPSA) is 148 Å². The first-order valence-electron chi connectivity index (χ1n) is 13.0. The molecule has 0 saturated carbocycles. The van der Waals surface area contributed by atoms with Crippen LogP contribution in [0.25, 0.3) is 15.3 Å². The van der Waals surface area contributed by atoms with E-state index in [9.17, 15) is 9.59 Å². The zero-order valence-corrected chi connectivity index (χ0v) is 26.2. The lowest BCUT2D eigenvalue weighted by Crippen LogP contribution is -2.50. The van der Waals surface area contributed by atoms with E-state index in [1.54, 1.807) is 0 Å². The molecule has 2 unspecified atom stereocenters. The molecular weight excluding hydrogens is 541 g/mol. The van der Waals surface area contributed by atoms with Gasteiger partial charge in [0.15, 0.2) is 14.5 Å². The summed E-state index contributed by atoms with van der Waals surface area (Å²) in [5.74, 6) is 0. The summed E-state index contributed by atoms with van der Waals surface area (Å²) >= 11 is 0. The van der Waals surface area contributed by atoms with Gasteiger partial charge in [0.05, 0.1) is 12.6 Å². The smallest absolute Gasteiger partial charge is 0.330 e. The Bertz CT molecular complexity index is 1150. The van der Waals surface area contributed by atoms with Crippen molar-refractivity contribution >= 4 is 16.8 Å². The third-order valence-electron chi connectivity index (χ3n) is 6.84. The van der Waals surface area contributed by atoms with Crippen LogP contribution in [0.15, 0.2) is 27.0 Å². The third-order valence-corrected chi connectivity index (χ3v) is 13.4. The van der Waals surface area contributed by atoms with E-state index in [-0.39, 0.29) is 36.8 Å². The number of azide groups is 1. The summed E-state index contributed by atoms with van der Waals surface area (Å²) in [6, 6.07) is 1.35. The van der Waals surface area contributed by atoms with E-state index in [0.717, 1.165) is 0 Å². The molecule has 39 heavy (non-hydrogen) atoms. The van der Waals surface area contributed by atoms with Crippen LogP contribution >= 0.6 is 8.53 Å². The number of aromatic nitrogens is 2.